The predicted octanol–water partition coefficient (Wildman–Crippen LogP) is 10.1. The van der Waals surface area contributed by atoms with E-state index in [9.17, 15) is 20.4 Å². The molecule has 0 fully saturated rings. The Morgan fingerprint density at radius 2 is 0.957 bits per heavy atom. The van der Waals surface area contributed by atoms with Crippen LogP contribution < -0.4 is 0 Å². The molecule has 0 aromatic heterocycles. The van der Waals surface area contributed by atoms with Crippen molar-refractivity contribution < 1.29 is 20.4 Å². The summed E-state index contributed by atoms with van der Waals surface area (Å²) in [6, 6.07) is 18.1. The van der Waals surface area contributed by atoms with E-state index in [-0.39, 0.29) is 27.1 Å². The SMILES string of the molecule is CC1(C)CC2(CC(C)(C)c3ccc(O)cc32)c2ccc(O)cc21.Cc1cc(C2(C)CC(C)(C)c3c2cc(C)c(O)c3C)cc(C)c1O. The zero-order valence-electron chi connectivity index (χ0n) is 30.1. The molecule has 7 rings (SSSR count). The van der Waals surface area contributed by atoms with Gasteiger partial charge in [0.2, 0.25) is 0 Å². The van der Waals surface area contributed by atoms with Crippen molar-refractivity contribution in [2.45, 2.75) is 122 Å². The molecule has 4 aromatic carbocycles. The van der Waals surface area contributed by atoms with Crippen molar-refractivity contribution in [3.8, 4) is 23.0 Å². The quantitative estimate of drug-likeness (QED) is 0.168. The minimum absolute atomic E-state index is 0.000950. The largest absolute Gasteiger partial charge is 0.508 e. The number of rotatable bonds is 1. The molecule has 47 heavy (non-hydrogen) atoms. The first-order valence-corrected chi connectivity index (χ1v) is 17.0. The maximum absolute atomic E-state index is 10.4. The number of hydrogen-bond donors (Lipinski definition) is 4. The second-order valence-corrected chi connectivity index (χ2v) is 17.1. The molecule has 1 spiro atoms. The van der Waals surface area contributed by atoms with Gasteiger partial charge in [0.15, 0.2) is 0 Å². The number of hydrogen-bond acceptors (Lipinski definition) is 4. The first-order chi connectivity index (χ1) is 21.6. The Morgan fingerprint density at radius 3 is 1.53 bits per heavy atom. The highest BCUT2D eigenvalue weighted by Crippen LogP contribution is 2.63. The topological polar surface area (TPSA) is 80.9 Å². The molecule has 2 unspecified atom stereocenters. The van der Waals surface area contributed by atoms with Crippen LogP contribution >= 0.6 is 0 Å². The Kier molecular flexibility index (Phi) is 7.22. The van der Waals surface area contributed by atoms with Gasteiger partial charge in [-0.15, -0.1) is 0 Å². The number of aryl methyl sites for hydroxylation is 3. The van der Waals surface area contributed by atoms with Crippen LogP contribution in [0.3, 0.4) is 0 Å². The van der Waals surface area contributed by atoms with Gasteiger partial charge in [0, 0.05) is 10.8 Å². The summed E-state index contributed by atoms with van der Waals surface area (Å²) in [5, 5.41) is 40.6. The summed E-state index contributed by atoms with van der Waals surface area (Å²) in [6.07, 6.45) is 3.04. The van der Waals surface area contributed by atoms with Crippen LogP contribution in [0.2, 0.25) is 0 Å². The first kappa shape index (κ1) is 33.0. The highest BCUT2D eigenvalue weighted by Gasteiger charge is 2.56. The van der Waals surface area contributed by atoms with Crippen LogP contribution in [0.15, 0.2) is 54.6 Å². The molecule has 4 heteroatoms. The maximum atomic E-state index is 10.4. The lowest BCUT2D eigenvalue weighted by atomic mass is 9.72. The summed E-state index contributed by atoms with van der Waals surface area (Å²) in [7, 11) is 0. The van der Waals surface area contributed by atoms with Crippen LogP contribution in [0.4, 0.5) is 0 Å². The molecule has 248 valence electrons. The summed E-state index contributed by atoms with van der Waals surface area (Å²) in [4.78, 5) is 0. The van der Waals surface area contributed by atoms with Gasteiger partial charge in [-0.05, 0) is 149 Å². The fourth-order valence-corrected chi connectivity index (χ4v) is 10.2. The average molecular weight is 633 g/mol. The minimum atomic E-state index is -0.120. The number of benzene rings is 4. The molecule has 0 saturated carbocycles. The van der Waals surface area contributed by atoms with Crippen molar-refractivity contribution in [2.75, 3.05) is 0 Å². The summed E-state index contributed by atoms with van der Waals surface area (Å²) >= 11 is 0. The van der Waals surface area contributed by atoms with E-state index in [4.69, 9.17) is 0 Å². The van der Waals surface area contributed by atoms with Crippen LogP contribution in [0.25, 0.3) is 0 Å². The summed E-state index contributed by atoms with van der Waals surface area (Å²) in [6.45, 7) is 23.9. The number of phenolic OH excluding ortho intramolecular Hbond substituents is 4. The molecule has 0 heterocycles. The standard InChI is InChI=1S/C22H28O2.C21H24O2/c1-12-8-16(9-13(2)19(12)23)22(7)11-21(5,6)18-15(4)20(24)14(3)10-17(18)22;1-19(2)11-21(18-10-14(23)5-7-15(18)19)12-20(3,4)17-9-13(22)6-8-16(17)21/h8-10,23-24H,11H2,1-7H3;5-10,22-23H,11-12H2,1-4H3. The van der Waals surface area contributed by atoms with Crippen molar-refractivity contribution in [3.63, 3.8) is 0 Å². The zero-order valence-corrected chi connectivity index (χ0v) is 30.1. The van der Waals surface area contributed by atoms with E-state index in [0.29, 0.717) is 23.0 Å². The zero-order chi connectivity index (χ0) is 34.6. The van der Waals surface area contributed by atoms with Crippen LogP contribution in [0.5, 0.6) is 23.0 Å². The van der Waals surface area contributed by atoms with Gasteiger partial charge in [0.05, 0.1) is 0 Å². The van der Waals surface area contributed by atoms with E-state index in [0.717, 1.165) is 41.5 Å². The number of aromatic hydroxyl groups is 4. The van der Waals surface area contributed by atoms with E-state index in [2.05, 4.69) is 78.8 Å². The van der Waals surface area contributed by atoms with Gasteiger partial charge in [0.1, 0.15) is 23.0 Å². The summed E-state index contributed by atoms with van der Waals surface area (Å²) in [5.41, 5.74) is 12.7. The van der Waals surface area contributed by atoms with Gasteiger partial charge in [-0.3, -0.25) is 0 Å². The number of phenols is 4. The Hall–Kier alpha value is -3.92. The third-order valence-electron chi connectivity index (χ3n) is 11.9. The Labute approximate surface area is 281 Å². The van der Waals surface area contributed by atoms with Crippen molar-refractivity contribution in [2.24, 2.45) is 0 Å². The van der Waals surface area contributed by atoms with E-state index < -0.39 is 0 Å². The lowest BCUT2D eigenvalue weighted by Gasteiger charge is -2.30. The van der Waals surface area contributed by atoms with E-state index in [1.165, 1.54) is 38.9 Å². The second-order valence-electron chi connectivity index (χ2n) is 17.1. The van der Waals surface area contributed by atoms with Gasteiger partial charge in [-0.2, -0.15) is 0 Å². The summed E-state index contributed by atoms with van der Waals surface area (Å²) < 4.78 is 0. The highest BCUT2D eigenvalue weighted by molar-refractivity contribution is 5.63. The lowest BCUT2D eigenvalue weighted by molar-refractivity contribution is 0.349. The van der Waals surface area contributed by atoms with Crippen LogP contribution in [-0.4, -0.2) is 20.4 Å². The minimum Gasteiger partial charge on any atom is -0.508 e. The summed E-state index contributed by atoms with van der Waals surface area (Å²) in [5.74, 6) is 1.48. The van der Waals surface area contributed by atoms with Crippen molar-refractivity contribution in [3.05, 3.63) is 116 Å². The fourth-order valence-electron chi connectivity index (χ4n) is 10.2. The monoisotopic (exact) mass is 632 g/mol. The fraction of sp³-hybridized carbons (Fsp3) is 0.442. The van der Waals surface area contributed by atoms with E-state index in [1.807, 2.05) is 39.8 Å². The highest BCUT2D eigenvalue weighted by atomic mass is 16.3. The lowest BCUT2D eigenvalue weighted by Crippen LogP contribution is -2.26. The molecule has 0 aliphatic heterocycles. The Bertz CT molecular complexity index is 1920. The van der Waals surface area contributed by atoms with Gasteiger partial charge >= 0.3 is 0 Å². The molecule has 0 bridgehead atoms. The molecule has 3 aliphatic carbocycles. The molecular formula is C43H52O4. The van der Waals surface area contributed by atoms with E-state index >= 15 is 0 Å². The Balaban J connectivity index is 0.000000164. The Morgan fingerprint density at radius 1 is 0.468 bits per heavy atom. The maximum Gasteiger partial charge on any atom is 0.121 e. The molecule has 4 N–H and O–H groups in total. The van der Waals surface area contributed by atoms with Crippen LogP contribution in [0, 0.1) is 27.7 Å². The molecule has 3 aliphatic rings. The second kappa shape index (κ2) is 10.3. The number of fused-ring (bicyclic) bond motifs is 5. The van der Waals surface area contributed by atoms with Crippen LogP contribution in [-0.2, 0) is 27.1 Å². The van der Waals surface area contributed by atoms with Gasteiger partial charge in [0.25, 0.3) is 0 Å². The van der Waals surface area contributed by atoms with Gasteiger partial charge in [-0.1, -0.05) is 78.8 Å². The molecular weight excluding hydrogens is 580 g/mol. The normalized spacial score (nSPS) is 24.0. The third-order valence-corrected chi connectivity index (χ3v) is 11.9. The molecule has 4 nitrogen and oxygen atoms in total. The smallest absolute Gasteiger partial charge is 0.121 e. The first-order valence-electron chi connectivity index (χ1n) is 17.0. The van der Waals surface area contributed by atoms with Crippen molar-refractivity contribution in [1.29, 1.82) is 0 Å². The molecule has 2 atom stereocenters. The molecule has 0 saturated heterocycles. The van der Waals surface area contributed by atoms with Crippen molar-refractivity contribution >= 4 is 0 Å². The van der Waals surface area contributed by atoms with Crippen molar-refractivity contribution in [1.82, 2.24) is 0 Å². The van der Waals surface area contributed by atoms with Gasteiger partial charge < -0.3 is 20.4 Å². The predicted molar refractivity (Wildman–Crippen MR) is 192 cm³/mol. The molecule has 0 amide bonds. The molecule has 4 aromatic rings. The third kappa shape index (κ3) is 4.85. The average Bonchev–Trinajstić information content (AvgIpc) is 3.42. The van der Waals surface area contributed by atoms with Gasteiger partial charge in [-0.25, -0.2) is 0 Å². The molecule has 0 radical (unpaired) electrons. The van der Waals surface area contributed by atoms with E-state index in [1.54, 1.807) is 12.1 Å². The van der Waals surface area contributed by atoms with Crippen LogP contribution in [0.1, 0.15) is 129 Å².